The summed E-state index contributed by atoms with van der Waals surface area (Å²) in [4.78, 5) is 10.9. The van der Waals surface area contributed by atoms with Crippen LogP contribution < -0.4 is 11.1 Å². The Morgan fingerprint density at radius 3 is 2.94 bits per heavy atom. The molecule has 1 aliphatic rings. The first-order valence-electron chi connectivity index (χ1n) is 5.78. The quantitative estimate of drug-likeness (QED) is 0.787. The third-order valence-electron chi connectivity index (χ3n) is 3.04. The molecule has 0 heterocycles. The average molecular weight is 218 g/mol. The Hall–Kier alpha value is -1.35. The van der Waals surface area contributed by atoms with Crippen LogP contribution in [0.4, 0.5) is 0 Å². The van der Waals surface area contributed by atoms with Crippen molar-refractivity contribution in [2.24, 2.45) is 5.73 Å². The van der Waals surface area contributed by atoms with Gasteiger partial charge in [-0.2, -0.15) is 0 Å². The van der Waals surface area contributed by atoms with E-state index in [1.54, 1.807) is 6.92 Å². The van der Waals surface area contributed by atoms with Gasteiger partial charge in [0, 0.05) is 6.54 Å². The molecule has 1 unspecified atom stereocenters. The second-order valence-electron chi connectivity index (χ2n) is 4.52. The first kappa shape index (κ1) is 11.1. The van der Waals surface area contributed by atoms with Gasteiger partial charge in [0.1, 0.15) is 0 Å². The van der Waals surface area contributed by atoms with Gasteiger partial charge in [-0.05, 0) is 36.8 Å². The minimum atomic E-state index is -0.307. The minimum Gasteiger partial charge on any atom is -0.368 e. The topological polar surface area (TPSA) is 55.1 Å². The lowest BCUT2D eigenvalue weighted by molar-refractivity contribution is -0.119. The van der Waals surface area contributed by atoms with Crippen LogP contribution in [0.2, 0.25) is 0 Å². The van der Waals surface area contributed by atoms with Gasteiger partial charge in [0.2, 0.25) is 5.91 Å². The van der Waals surface area contributed by atoms with E-state index < -0.39 is 0 Å². The number of carbonyl (C=O) groups excluding carboxylic acids is 1. The summed E-state index contributed by atoms with van der Waals surface area (Å²) in [6.07, 6.45) is 2.63. The number of nitrogens with one attached hydrogen (secondary N) is 1. The Morgan fingerprint density at radius 1 is 1.56 bits per heavy atom. The van der Waals surface area contributed by atoms with Crippen LogP contribution in [0.1, 0.15) is 36.8 Å². The number of benzene rings is 1. The molecule has 0 saturated heterocycles. The lowest BCUT2D eigenvalue weighted by Crippen LogP contribution is -2.38. The number of primary amides is 1. The van der Waals surface area contributed by atoms with E-state index >= 15 is 0 Å². The minimum absolute atomic E-state index is 0.274. The van der Waals surface area contributed by atoms with E-state index in [-0.39, 0.29) is 11.9 Å². The van der Waals surface area contributed by atoms with E-state index in [4.69, 9.17) is 5.73 Å². The molecule has 86 valence electrons. The van der Waals surface area contributed by atoms with Crippen LogP contribution in [0.3, 0.4) is 0 Å². The first-order chi connectivity index (χ1) is 7.66. The number of nitrogens with two attached hydrogens (primary N) is 1. The summed E-state index contributed by atoms with van der Waals surface area (Å²) >= 11 is 0. The van der Waals surface area contributed by atoms with Gasteiger partial charge >= 0.3 is 0 Å². The van der Waals surface area contributed by atoms with Gasteiger partial charge in [0.05, 0.1) is 6.04 Å². The highest BCUT2D eigenvalue weighted by Crippen LogP contribution is 2.40. The van der Waals surface area contributed by atoms with Crippen molar-refractivity contribution in [2.45, 2.75) is 38.3 Å². The highest BCUT2D eigenvalue weighted by Gasteiger charge is 2.23. The van der Waals surface area contributed by atoms with Crippen molar-refractivity contribution in [1.29, 1.82) is 0 Å². The Labute approximate surface area is 96.0 Å². The van der Waals surface area contributed by atoms with E-state index in [0.717, 1.165) is 5.92 Å². The summed E-state index contributed by atoms with van der Waals surface area (Å²) in [6, 6.07) is 8.29. The summed E-state index contributed by atoms with van der Waals surface area (Å²) in [7, 11) is 0. The van der Waals surface area contributed by atoms with Gasteiger partial charge in [-0.3, -0.25) is 4.79 Å². The Kier molecular flexibility index (Phi) is 3.25. The lowest BCUT2D eigenvalue weighted by Gasteiger charge is -2.10. The van der Waals surface area contributed by atoms with Crippen LogP contribution in [-0.4, -0.2) is 11.9 Å². The van der Waals surface area contributed by atoms with Crippen molar-refractivity contribution in [1.82, 2.24) is 5.32 Å². The van der Waals surface area contributed by atoms with Crippen molar-refractivity contribution in [2.75, 3.05) is 0 Å². The van der Waals surface area contributed by atoms with Gasteiger partial charge in [-0.15, -0.1) is 0 Å². The molecule has 0 bridgehead atoms. The van der Waals surface area contributed by atoms with Crippen LogP contribution in [0.25, 0.3) is 0 Å². The maximum Gasteiger partial charge on any atom is 0.234 e. The molecule has 1 saturated carbocycles. The maximum atomic E-state index is 10.9. The lowest BCUT2D eigenvalue weighted by atomic mass is 10.1. The number of hydrogen-bond acceptors (Lipinski definition) is 2. The molecule has 0 aromatic heterocycles. The summed E-state index contributed by atoms with van der Waals surface area (Å²) in [5, 5.41) is 3.11. The van der Waals surface area contributed by atoms with E-state index in [9.17, 15) is 4.79 Å². The zero-order valence-corrected chi connectivity index (χ0v) is 9.57. The van der Waals surface area contributed by atoms with Gasteiger partial charge in [-0.1, -0.05) is 24.3 Å². The molecule has 0 spiro atoms. The highest BCUT2D eigenvalue weighted by atomic mass is 16.1. The normalized spacial score (nSPS) is 17.1. The third-order valence-corrected chi connectivity index (χ3v) is 3.04. The molecule has 3 nitrogen and oxygen atoms in total. The largest absolute Gasteiger partial charge is 0.368 e. The molecular weight excluding hydrogens is 200 g/mol. The second kappa shape index (κ2) is 4.66. The van der Waals surface area contributed by atoms with Crippen LogP contribution in [0.15, 0.2) is 24.3 Å². The van der Waals surface area contributed by atoms with Gasteiger partial charge < -0.3 is 11.1 Å². The molecule has 3 N–H and O–H groups in total. The number of hydrogen-bond donors (Lipinski definition) is 2. The molecule has 2 rings (SSSR count). The van der Waals surface area contributed by atoms with E-state index in [0.29, 0.717) is 6.54 Å². The molecule has 0 radical (unpaired) electrons. The van der Waals surface area contributed by atoms with Gasteiger partial charge in [-0.25, -0.2) is 0 Å². The number of rotatable bonds is 5. The number of amides is 1. The standard InChI is InChI=1S/C13H18N2O/c1-9(13(14)16)15-8-10-3-2-4-12(7-10)11-5-6-11/h2-4,7,9,11,15H,5-6,8H2,1H3,(H2,14,16). The van der Waals surface area contributed by atoms with Crippen LogP contribution >= 0.6 is 0 Å². The molecule has 3 heteroatoms. The van der Waals surface area contributed by atoms with Gasteiger partial charge in [0.15, 0.2) is 0 Å². The zero-order valence-electron chi connectivity index (χ0n) is 9.57. The molecule has 1 aromatic carbocycles. The fraction of sp³-hybridized carbons (Fsp3) is 0.462. The van der Waals surface area contributed by atoms with E-state index in [1.165, 1.54) is 24.0 Å². The van der Waals surface area contributed by atoms with E-state index in [2.05, 4.69) is 29.6 Å². The fourth-order valence-corrected chi connectivity index (χ4v) is 1.75. The molecule has 1 fully saturated rings. The molecule has 1 aliphatic carbocycles. The van der Waals surface area contributed by atoms with Gasteiger partial charge in [0.25, 0.3) is 0 Å². The molecule has 1 amide bonds. The fourth-order valence-electron chi connectivity index (χ4n) is 1.75. The molecule has 1 aromatic rings. The zero-order chi connectivity index (χ0) is 11.5. The summed E-state index contributed by atoms with van der Waals surface area (Å²) in [5.41, 5.74) is 7.83. The summed E-state index contributed by atoms with van der Waals surface area (Å²) in [6.45, 7) is 2.48. The maximum absolute atomic E-state index is 10.9. The summed E-state index contributed by atoms with van der Waals surface area (Å²) < 4.78 is 0. The first-order valence-corrected chi connectivity index (χ1v) is 5.78. The average Bonchev–Trinajstić information content (AvgIpc) is 3.10. The molecular formula is C13H18N2O. The van der Waals surface area contributed by atoms with Crippen molar-refractivity contribution < 1.29 is 4.79 Å². The number of carbonyl (C=O) groups is 1. The van der Waals surface area contributed by atoms with Crippen molar-refractivity contribution in [3.8, 4) is 0 Å². The Morgan fingerprint density at radius 2 is 2.31 bits per heavy atom. The Balaban J connectivity index is 1.93. The predicted molar refractivity (Wildman–Crippen MR) is 63.9 cm³/mol. The Bertz CT molecular complexity index is 385. The molecule has 0 aliphatic heterocycles. The monoisotopic (exact) mass is 218 g/mol. The summed E-state index contributed by atoms with van der Waals surface area (Å²) in [5.74, 6) is 0.465. The van der Waals surface area contributed by atoms with Crippen molar-refractivity contribution in [3.05, 3.63) is 35.4 Å². The van der Waals surface area contributed by atoms with Crippen LogP contribution in [0, 0.1) is 0 Å². The van der Waals surface area contributed by atoms with Crippen molar-refractivity contribution in [3.63, 3.8) is 0 Å². The van der Waals surface area contributed by atoms with Crippen LogP contribution in [-0.2, 0) is 11.3 Å². The van der Waals surface area contributed by atoms with Crippen LogP contribution in [0.5, 0.6) is 0 Å². The second-order valence-corrected chi connectivity index (χ2v) is 4.52. The molecule has 16 heavy (non-hydrogen) atoms. The highest BCUT2D eigenvalue weighted by molar-refractivity contribution is 5.79. The molecule has 1 atom stereocenters. The SMILES string of the molecule is CC(NCc1cccc(C2CC2)c1)C(N)=O. The van der Waals surface area contributed by atoms with E-state index in [1.807, 2.05) is 0 Å². The smallest absolute Gasteiger partial charge is 0.234 e. The predicted octanol–water partition coefficient (Wildman–Crippen LogP) is 1.53. The van der Waals surface area contributed by atoms with Crippen molar-refractivity contribution >= 4 is 5.91 Å². The third kappa shape index (κ3) is 2.83.